The van der Waals surface area contributed by atoms with Crippen molar-refractivity contribution in [3.05, 3.63) is 58.6 Å². The van der Waals surface area contributed by atoms with E-state index in [9.17, 15) is 4.79 Å². The minimum absolute atomic E-state index is 0.120. The average Bonchev–Trinajstić information content (AvgIpc) is 2.89. The predicted molar refractivity (Wildman–Crippen MR) is 136 cm³/mol. The van der Waals surface area contributed by atoms with E-state index in [0.717, 1.165) is 35.4 Å². The van der Waals surface area contributed by atoms with E-state index in [1.165, 1.54) is 0 Å². The van der Waals surface area contributed by atoms with Gasteiger partial charge in [-0.05, 0) is 30.3 Å². The molecule has 4 rings (SSSR count). The van der Waals surface area contributed by atoms with Crippen LogP contribution in [0.1, 0.15) is 15.9 Å². The molecule has 0 aliphatic carbocycles. The van der Waals surface area contributed by atoms with E-state index < -0.39 is 0 Å². The van der Waals surface area contributed by atoms with Crippen molar-refractivity contribution < 1.29 is 23.7 Å². The highest BCUT2D eigenvalue weighted by molar-refractivity contribution is 6.30. The van der Waals surface area contributed by atoms with Gasteiger partial charge in [-0.2, -0.15) is 0 Å². The maximum atomic E-state index is 13.5. The zero-order valence-corrected chi connectivity index (χ0v) is 21.0. The monoisotopic (exact) mass is 499 g/mol. The molecular formula is C26H30ClN3O5. The molecule has 186 valence electrons. The first-order chi connectivity index (χ1) is 17.0. The zero-order chi connectivity index (χ0) is 24.8. The maximum Gasteiger partial charge on any atom is 0.254 e. The van der Waals surface area contributed by atoms with Crippen molar-refractivity contribution in [1.29, 1.82) is 0 Å². The van der Waals surface area contributed by atoms with Gasteiger partial charge in [-0.15, -0.1) is 0 Å². The van der Waals surface area contributed by atoms with Gasteiger partial charge in [0.2, 0.25) is 0 Å². The molecule has 35 heavy (non-hydrogen) atoms. The summed E-state index contributed by atoms with van der Waals surface area (Å²) in [5.74, 6) is 1.95. The minimum atomic E-state index is -0.120. The number of fused-ring (bicyclic) bond motifs is 1. The Morgan fingerprint density at radius 1 is 1.09 bits per heavy atom. The summed E-state index contributed by atoms with van der Waals surface area (Å²) in [4.78, 5) is 22.4. The van der Waals surface area contributed by atoms with Crippen molar-refractivity contribution in [2.45, 2.75) is 6.54 Å². The topological polar surface area (TPSA) is 73.4 Å². The molecule has 1 aliphatic heterocycles. The Bertz CT molecular complexity index is 1180. The first-order valence-corrected chi connectivity index (χ1v) is 11.8. The summed E-state index contributed by atoms with van der Waals surface area (Å²) in [6, 6.07) is 12.8. The van der Waals surface area contributed by atoms with E-state index in [2.05, 4.69) is 11.0 Å². The van der Waals surface area contributed by atoms with Gasteiger partial charge in [0.15, 0.2) is 11.5 Å². The van der Waals surface area contributed by atoms with Crippen LogP contribution in [0.4, 0.5) is 5.82 Å². The first-order valence-electron chi connectivity index (χ1n) is 11.5. The van der Waals surface area contributed by atoms with E-state index in [1.54, 1.807) is 50.5 Å². The van der Waals surface area contributed by atoms with Gasteiger partial charge >= 0.3 is 0 Å². The predicted octanol–water partition coefficient (Wildman–Crippen LogP) is 4.03. The summed E-state index contributed by atoms with van der Waals surface area (Å²) >= 11 is 6.16. The Morgan fingerprint density at radius 2 is 1.83 bits per heavy atom. The van der Waals surface area contributed by atoms with Crippen LogP contribution >= 0.6 is 11.6 Å². The van der Waals surface area contributed by atoms with Crippen molar-refractivity contribution in [3.8, 4) is 11.5 Å². The molecule has 0 spiro atoms. The number of pyridine rings is 1. The lowest BCUT2D eigenvalue weighted by molar-refractivity contribution is 0.0680. The van der Waals surface area contributed by atoms with Crippen LogP contribution in [0.5, 0.6) is 11.5 Å². The number of hydrogen-bond acceptors (Lipinski definition) is 7. The second kappa shape index (κ2) is 11.6. The lowest BCUT2D eigenvalue weighted by Gasteiger charge is -2.31. The average molecular weight is 500 g/mol. The van der Waals surface area contributed by atoms with Crippen LogP contribution in [0, 0.1) is 0 Å². The third kappa shape index (κ3) is 5.78. The number of nitrogens with zero attached hydrogens (tertiary/aromatic N) is 3. The summed E-state index contributed by atoms with van der Waals surface area (Å²) in [5, 5.41) is 1.42. The van der Waals surface area contributed by atoms with Crippen LogP contribution in [0.15, 0.2) is 42.5 Å². The maximum absolute atomic E-state index is 13.5. The molecule has 0 bridgehead atoms. The molecule has 0 radical (unpaired) electrons. The van der Waals surface area contributed by atoms with E-state index in [1.807, 2.05) is 12.1 Å². The summed E-state index contributed by atoms with van der Waals surface area (Å²) in [6.07, 6.45) is 0. The number of halogens is 1. The Kier molecular flexibility index (Phi) is 8.28. The summed E-state index contributed by atoms with van der Waals surface area (Å²) in [5.41, 5.74) is 2.25. The van der Waals surface area contributed by atoms with Crippen molar-refractivity contribution in [1.82, 2.24) is 9.88 Å². The lowest BCUT2D eigenvalue weighted by atomic mass is 10.1. The van der Waals surface area contributed by atoms with Gasteiger partial charge in [0, 0.05) is 60.9 Å². The smallest absolute Gasteiger partial charge is 0.254 e. The fourth-order valence-corrected chi connectivity index (χ4v) is 4.35. The fourth-order valence-electron chi connectivity index (χ4n) is 4.16. The number of morpholine rings is 1. The number of ether oxygens (including phenoxy) is 4. The Hall–Kier alpha value is -3.07. The minimum Gasteiger partial charge on any atom is -0.493 e. The molecule has 0 unspecified atom stereocenters. The molecular weight excluding hydrogens is 470 g/mol. The van der Waals surface area contributed by atoms with Gasteiger partial charge in [-0.1, -0.05) is 17.7 Å². The third-order valence-electron chi connectivity index (χ3n) is 5.97. The van der Waals surface area contributed by atoms with Crippen LogP contribution in [0.2, 0.25) is 5.02 Å². The number of rotatable bonds is 9. The number of carbonyl (C=O) groups excluding carboxylic acids is 1. The number of anilines is 1. The van der Waals surface area contributed by atoms with Gasteiger partial charge in [-0.3, -0.25) is 4.79 Å². The molecule has 0 N–H and O–H groups in total. The van der Waals surface area contributed by atoms with Crippen LogP contribution in [0.25, 0.3) is 10.9 Å². The standard InChI is InChI=1S/C26H30ClN3O5/c1-32-10-7-30(26(31)18-5-4-6-21(27)14-18)17-20-13-19-15-23(33-2)24(34-3)16-22(19)28-25(20)29-8-11-35-12-9-29/h4-6,13-16H,7-12,17H2,1-3H3. The lowest BCUT2D eigenvalue weighted by Crippen LogP contribution is -2.39. The summed E-state index contributed by atoms with van der Waals surface area (Å²) in [6.45, 7) is 3.89. The summed E-state index contributed by atoms with van der Waals surface area (Å²) < 4.78 is 21.8. The van der Waals surface area contributed by atoms with Crippen LogP contribution in [0.3, 0.4) is 0 Å². The Balaban J connectivity index is 1.77. The molecule has 1 fully saturated rings. The molecule has 2 heterocycles. The number of hydrogen-bond donors (Lipinski definition) is 0. The fraction of sp³-hybridized carbons (Fsp3) is 0.385. The molecule has 1 saturated heterocycles. The van der Waals surface area contributed by atoms with Gasteiger partial charge < -0.3 is 28.7 Å². The van der Waals surface area contributed by atoms with Gasteiger partial charge in [0.1, 0.15) is 5.82 Å². The highest BCUT2D eigenvalue weighted by Crippen LogP contribution is 2.34. The molecule has 2 aromatic carbocycles. The quantitative estimate of drug-likeness (QED) is 0.440. The Labute approximate surface area is 210 Å². The van der Waals surface area contributed by atoms with E-state index in [-0.39, 0.29) is 5.91 Å². The molecule has 0 atom stereocenters. The van der Waals surface area contributed by atoms with Crippen molar-refractivity contribution in [2.75, 3.05) is 65.7 Å². The molecule has 1 amide bonds. The molecule has 0 saturated carbocycles. The van der Waals surface area contributed by atoms with E-state index >= 15 is 0 Å². The number of carbonyl (C=O) groups is 1. The highest BCUT2D eigenvalue weighted by Gasteiger charge is 2.23. The number of methoxy groups -OCH3 is 3. The highest BCUT2D eigenvalue weighted by atomic mass is 35.5. The SMILES string of the molecule is COCCN(Cc1cc2cc(OC)c(OC)cc2nc1N1CCOCC1)C(=O)c1cccc(Cl)c1. The van der Waals surface area contributed by atoms with Gasteiger partial charge in [0.05, 0.1) is 39.6 Å². The van der Waals surface area contributed by atoms with Gasteiger partial charge in [0.25, 0.3) is 5.91 Å². The molecule has 8 nitrogen and oxygen atoms in total. The third-order valence-corrected chi connectivity index (χ3v) is 6.21. The number of amides is 1. The second-order valence-electron chi connectivity index (χ2n) is 8.20. The van der Waals surface area contributed by atoms with E-state index in [4.69, 9.17) is 35.5 Å². The summed E-state index contributed by atoms with van der Waals surface area (Å²) in [7, 11) is 4.84. The normalized spacial score (nSPS) is 13.7. The largest absolute Gasteiger partial charge is 0.493 e. The van der Waals surface area contributed by atoms with E-state index in [0.29, 0.717) is 55.0 Å². The van der Waals surface area contributed by atoms with Crippen molar-refractivity contribution in [2.24, 2.45) is 0 Å². The molecule has 3 aromatic rings. The molecule has 1 aromatic heterocycles. The van der Waals surface area contributed by atoms with Crippen LogP contribution in [-0.2, 0) is 16.0 Å². The molecule has 1 aliphatic rings. The van der Waals surface area contributed by atoms with Crippen molar-refractivity contribution in [3.63, 3.8) is 0 Å². The van der Waals surface area contributed by atoms with Crippen molar-refractivity contribution >= 4 is 34.2 Å². The zero-order valence-electron chi connectivity index (χ0n) is 20.3. The van der Waals surface area contributed by atoms with Crippen LogP contribution in [-0.4, -0.2) is 76.6 Å². The molecule has 9 heteroatoms. The van der Waals surface area contributed by atoms with Crippen LogP contribution < -0.4 is 14.4 Å². The number of benzene rings is 2. The second-order valence-corrected chi connectivity index (χ2v) is 8.64. The van der Waals surface area contributed by atoms with Gasteiger partial charge in [-0.25, -0.2) is 4.98 Å². The Morgan fingerprint density at radius 3 is 2.51 bits per heavy atom. The first kappa shape index (κ1) is 25.0. The number of aromatic nitrogens is 1.